The summed E-state index contributed by atoms with van der Waals surface area (Å²) in [6.45, 7) is 1.74. The molecular formula is C9H16ClNO3. The van der Waals surface area contributed by atoms with Gasteiger partial charge in [0, 0.05) is 39.0 Å². The van der Waals surface area contributed by atoms with E-state index in [-0.39, 0.29) is 11.5 Å². The number of hydrogen-bond donors (Lipinski definition) is 1. The maximum Gasteiger partial charge on any atom is 0.221 e. The smallest absolute Gasteiger partial charge is 0.221 e. The normalized spacial score (nSPS) is 26.4. The Morgan fingerprint density at radius 1 is 1.71 bits per heavy atom. The van der Waals surface area contributed by atoms with Gasteiger partial charge in [-0.2, -0.15) is 0 Å². The van der Waals surface area contributed by atoms with Crippen LogP contribution in [0.5, 0.6) is 0 Å². The molecule has 0 aromatic heterocycles. The van der Waals surface area contributed by atoms with Gasteiger partial charge in [-0.3, -0.25) is 4.79 Å². The van der Waals surface area contributed by atoms with Crippen molar-refractivity contribution in [1.82, 2.24) is 5.32 Å². The summed E-state index contributed by atoms with van der Waals surface area (Å²) in [4.78, 5) is 11.2. The van der Waals surface area contributed by atoms with Crippen LogP contribution in [0.2, 0.25) is 0 Å². The molecule has 4 nitrogen and oxygen atoms in total. The van der Waals surface area contributed by atoms with Crippen LogP contribution < -0.4 is 5.32 Å². The second-order valence-electron chi connectivity index (χ2n) is 3.41. The van der Waals surface area contributed by atoms with E-state index in [1.165, 1.54) is 0 Å². The second-order valence-corrected chi connectivity index (χ2v) is 3.78. The molecule has 1 unspecified atom stereocenters. The number of carbonyl (C=O) groups excluding carboxylic acids is 1. The average Bonchev–Trinajstić information content (AvgIpc) is 2.65. The Labute approximate surface area is 88.9 Å². The van der Waals surface area contributed by atoms with Crippen LogP contribution >= 0.6 is 11.6 Å². The van der Waals surface area contributed by atoms with Crippen molar-refractivity contribution in [1.29, 1.82) is 0 Å². The van der Waals surface area contributed by atoms with E-state index in [0.29, 0.717) is 32.1 Å². The van der Waals surface area contributed by atoms with Crippen molar-refractivity contribution in [3.63, 3.8) is 0 Å². The Balaban J connectivity index is 2.30. The lowest BCUT2D eigenvalue weighted by atomic mass is 10.0. The van der Waals surface area contributed by atoms with Gasteiger partial charge in [-0.1, -0.05) is 0 Å². The number of rotatable bonds is 5. The molecule has 1 fully saturated rings. The Morgan fingerprint density at radius 3 is 3.00 bits per heavy atom. The van der Waals surface area contributed by atoms with Crippen LogP contribution in [0.15, 0.2) is 0 Å². The molecule has 0 radical (unpaired) electrons. The van der Waals surface area contributed by atoms with Crippen LogP contribution in [0.3, 0.4) is 0 Å². The zero-order valence-electron chi connectivity index (χ0n) is 8.35. The lowest BCUT2D eigenvalue weighted by Crippen LogP contribution is -2.45. The summed E-state index contributed by atoms with van der Waals surface area (Å²) in [5.41, 5.74) is -0.331. The van der Waals surface area contributed by atoms with Gasteiger partial charge in [0.2, 0.25) is 5.91 Å². The van der Waals surface area contributed by atoms with E-state index >= 15 is 0 Å². The number of carbonyl (C=O) groups is 1. The summed E-state index contributed by atoms with van der Waals surface area (Å²) < 4.78 is 10.6. The van der Waals surface area contributed by atoms with Gasteiger partial charge >= 0.3 is 0 Å². The third-order valence-electron chi connectivity index (χ3n) is 2.43. The number of halogens is 1. The van der Waals surface area contributed by atoms with Crippen molar-refractivity contribution in [3.8, 4) is 0 Å². The summed E-state index contributed by atoms with van der Waals surface area (Å²) >= 11 is 5.44. The molecule has 14 heavy (non-hydrogen) atoms. The summed E-state index contributed by atoms with van der Waals surface area (Å²) in [7, 11) is 1.64. The topological polar surface area (TPSA) is 47.6 Å². The maximum absolute atomic E-state index is 11.2. The van der Waals surface area contributed by atoms with Crippen LogP contribution in [0, 0.1) is 0 Å². The van der Waals surface area contributed by atoms with E-state index in [4.69, 9.17) is 21.1 Å². The average molecular weight is 222 g/mol. The fourth-order valence-electron chi connectivity index (χ4n) is 1.39. The molecule has 1 aliphatic rings. The fraction of sp³-hybridized carbons (Fsp3) is 0.889. The zero-order chi connectivity index (χ0) is 10.4. The number of ether oxygens (including phenoxy) is 2. The van der Waals surface area contributed by atoms with Crippen LogP contribution in [0.4, 0.5) is 0 Å². The van der Waals surface area contributed by atoms with Crippen molar-refractivity contribution >= 4 is 17.5 Å². The minimum atomic E-state index is -0.331. The summed E-state index contributed by atoms with van der Waals surface area (Å²) in [6.07, 6.45) is 1.17. The zero-order valence-corrected chi connectivity index (χ0v) is 9.10. The first-order valence-electron chi connectivity index (χ1n) is 4.68. The molecule has 0 aromatic rings. The Kier molecular flexibility index (Phi) is 4.65. The van der Waals surface area contributed by atoms with Gasteiger partial charge in [0.1, 0.15) is 5.60 Å². The van der Waals surface area contributed by atoms with Gasteiger partial charge in [0.15, 0.2) is 0 Å². The monoisotopic (exact) mass is 221 g/mol. The summed E-state index contributed by atoms with van der Waals surface area (Å²) in [5.74, 6) is 0.311. The Morgan fingerprint density at radius 2 is 2.50 bits per heavy atom. The first-order chi connectivity index (χ1) is 6.72. The minimum Gasteiger partial charge on any atom is -0.378 e. The van der Waals surface area contributed by atoms with Crippen molar-refractivity contribution in [2.75, 3.05) is 32.7 Å². The standard InChI is InChI=1S/C9H16ClNO3/c1-13-9(3-5-14-7-9)6-11-8(12)2-4-10/h2-7H2,1H3,(H,11,12). The van der Waals surface area contributed by atoms with Crippen LogP contribution in [0.1, 0.15) is 12.8 Å². The van der Waals surface area contributed by atoms with Crippen molar-refractivity contribution in [3.05, 3.63) is 0 Å². The van der Waals surface area contributed by atoms with Gasteiger partial charge in [-0.05, 0) is 0 Å². The van der Waals surface area contributed by atoms with Crippen molar-refractivity contribution in [2.24, 2.45) is 0 Å². The van der Waals surface area contributed by atoms with Crippen molar-refractivity contribution in [2.45, 2.75) is 18.4 Å². The number of nitrogens with one attached hydrogen (secondary N) is 1. The van der Waals surface area contributed by atoms with Crippen LogP contribution in [-0.4, -0.2) is 44.3 Å². The molecule has 0 bridgehead atoms. The quantitative estimate of drug-likeness (QED) is 0.690. The van der Waals surface area contributed by atoms with E-state index in [1.807, 2.05) is 0 Å². The molecule has 0 spiro atoms. The number of amides is 1. The largest absolute Gasteiger partial charge is 0.378 e. The van der Waals surface area contributed by atoms with Gasteiger partial charge in [0.05, 0.1) is 6.61 Å². The maximum atomic E-state index is 11.2. The number of methoxy groups -OCH3 is 1. The predicted octanol–water partition coefficient (Wildman–Crippen LogP) is 0.537. The Bertz CT molecular complexity index is 192. The second kappa shape index (κ2) is 5.53. The molecule has 1 rings (SSSR count). The highest BCUT2D eigenvalue weighted by atomic mass is 35.5. The molecule has 0 saturated carbocycles. The Hall–Kier alpha value is -0.320. The lowest BCUT2D eigenvalue weighted by Gasteiger charge is -2.25. The van der Waals surface area contributed by atoms with Gasteiger partial charge in [0.25, 0.3) is 0 Å². The molecular weight excluding hydrogens is 206 g/mol. The summed E-state index contributed by atoms with van der Waals surface area (Å²) in [6, 6.07) is 0. The molecule has 82 valence electrons. The lowest BCUT2D eigenvalue weighted by molar-refractivity contribution is -0.122. The highest BCUT2D eigenvalue weighted by molar-refractivity contribution is 6.18. The minimum absolute atomic E-state index is 0.0386. The van der Waals surface area contributed by atoms with E-state index in [1.54, 1.807) is 7.11 Å². The molecule has 1 saturated heterocycles. The molecule has 1 amide bonds. The van der Waals surface area contributed by atoms with E-state index < -0.39 is 0 Å². The van der Waals surface area contributed by atoms with Crippen LogP contribution in [-0.2, 0) is 14.3 Å². The molecule has 1 aliphatic heterocycles. The highest BCUT2D eigenvalue weighted by Crippen LogP contribution is 2.21. The molecule has 0 aromatic carbocycles. The van der Waals surface area contributed by atoms with Crippen molar-refractivity contribution < 1.29 is 14.3 Å². The van der Waals surface area contributed by atoms with E-state index in [9.17, 15) is 4.79 Å². The molecule has 1 N–H and O–H groups in total. The number of hydrogen-bond acceptors (Lipinski definition) is 3. The highest BCUT2D eigenvalue weighted by Gasteiger charge is 2.35. The fourth-order valence-corrected chi connectivity index (χ4v) is 1.57. The van der Waals surface area contributed by atoms with Gasteiger partial charge in [-0.25, -0.2) is 0 Å². The SMILES string of the molecule is COC1(CNC(=O)CCCl)CCOC1. The first-order valence-corrected chi connectivity index (χ1v) is 5.21. The predicted molar refractivity (Wildman–Crippen MR) is 53.5 cm³/mol. The third kappa shape index (κ3) is 3.12. The molecule has 5 heteroatoms. The van der Waals surface area contributed by atoms with E-state index in [2.05, 4.69) is 5.32 Å². The molecule has 1 heterocycles. The van der Waals surface area contributed by atoms with Crippen LogP contribution in [0.25, 0.3) is 0 Å². The first kappa shape index (κ1) is 11.8. The number of alkyl halides is 1. The summed E-state index contributed by atoms with van der Waals surface area (Å²) in [5, 5.41) is 2.79. The molecule has 1 atom stereocenters. The third-order valence-corrected chi connectivity index (χ3v) is 2.62. The van der Waals surface area contributed by atoms with Gasteiger partial charge in [-0.15, -0.1) is 11.6 Å². The molecule has 0 aliphatic carbocycles. The van der Waals surface area contributed by atoms with Gasteiger partial charge < -0.3 is 14.8 Å². The van der Waals surface area contributed by atoms with E-state index in [0.717, 1.165) is 6.42 Å².